The van der Waals surface area contributed by atoms with Gasteiger partial charge in [0.25, 0.3) is 0 Å². The Hall–Kier alpha value is -1.13. The van der Waals surface area contributed by atoms with Gasteiger partial charge in [0.1, 0.15) is 0 Å². The van der Waals surface area contributed by atoms with Crippen LogP contribution in [0.2, 0.25) is 0 Å². The molecule has 0 atom stereocenters. The van der Waals surface area contributed by atoms with E-state index in [0.717, 1.165) is 57.6 Å². The molecule has 4 heteroatoms. The van der Waals surface area contributed by atoms with Gasteiger partial charge in [0, 0.05) is 19.3 Å². The SMILES string of the molecule is Oc1ccc(C2CCN(C3CCOCC3)CC2)cc1F. The summed E-state index contributed by atoms with van der Waals surface area (Å²) in [5.41, 5.74) is 1.02. The zero-order chi connectivity index (χ0) is 13.9. The number of benzene rings is 1. The summed E-state index contributed by atoms with van der Waals surface area (Å²) in [6.07, 6.45) is 4.42. The van der Waals surface area contributed by atoms with Crippen molar-refractivity contribution in [3.05, 3.63) is 29.6 Å². The number of ether oxygens (including phenoxy) is 1. The molecule has 0 spiro atoms. The molecule has 0 bridgehead atoms. The smallest absolute Gasteiger partial charge is 0.165 e. The molecule has 0 saturated carbocycles. The third-order valence-corrected chi connectivity index (χ3v) is 4.68. The Morgan fingerprint density at radius 3 is 2.45 bits per heavy atom. The topological polar surface area (TPSA) is 32.7 Å². The Morgan fingerprint density at radius 2 is 1.80 bits per heavy atom. The fraction of sp³-hybridized carbons (Fsp3) is 0.625. The predicted molar refractivity (Wildman–Crippen MR) is 75.5 cm³/mol. The van der Waals surface area contributed by atoms with E-state index in [1.165, 1.54) is 12.1 Å². The number of halogens is 1. The maximum atomic E-state index is 13.4. The molecule has 2 heterocycles. The Morgan fingerprint density at radius 1 is 1.10 bits per heavy atom. The van der Waals surface area contributed by atoms with Gasteiger partial charge >= 0.3 is 0 Å². The highest BCUT2D eigenvalue weighted by atomic mass is 19.1. The van der Waals surface area contributed by atoms with Crippen molar-refractivity contribution in [2.75, 3.05) is 26.3 Å². The fourth-order valence-electron chi connectivity index (χ4n) is 3.43. The first-order chi connectivity index (χ1) is 9.74. The van der Waals surface area contributed by atoms with Gasteiger partial charge in [-0.2, -0.15) is 0 Å². The van der Waals surface area contributed by atoms with Crippen LogP contribution >= 0.6 is 0 Å². The molecule has 1 aromatic rings. The van der Waals surface area contributed by atoms with Crippen LogP contribution in [0.1, 0.15) is 37.2 Å². The van der Waals surface area contributed by atoms with E-state index >= 15 is 0 Å². The third kappa shape index (κ3) is 2.96. The van der Waals surface area contributed by atoms with E-state index in [-0.39, 0.29) is 5.75 Å². The summed E-state index contributed by atoms with van der Waals surface area (Å²) in [5.74, 6) is -0.344. The van der Waals surface area contributed by atoms with Crippen LogP contribution in [0.4, 0.5) is 4.39 Å². The van der Waals surface area contributed by atoms with E-state index < -0.39 is 5.82 Å². The van der Waals surface area contributed by atoms with Gasteiger partial charge in [-0.05, 0) is 62.4 Å². The van der Waals surface area contributed by atoms with Crippen molar-refractivity contribution in [3.63, 3.8) is 0 Å². The van der Waals surface area contributed by atoms with E-state index in [1.807, 2.05) is 6.07 Å². The van der Waals surface area contributed by atoms with Crippen LogP contribution in [-0.4, -0.2) is 42.4 Å². The number of rotatable bonds is 2. The number of aromatic hydroxyl groups is 1. The first-order valence-electron chi connectivity index (χ1n) is 7.54. The monoisotopic (exact) mass is 279 g/mol. The van der Waals surface area contributed by atoms with Crippen LogP contribution in [0.5, 0.6) is 5.75 Å². The highest BCUT2D eigenvalue weighted by Crippen LogP contribution is 2.32. The van der Waals surface area contributed by atoms with Gasteiger partial charge in [-0.25, -0.2) is 4.39 Å². The molecule has 3 rings (SSSR count). The lowest BCUT2D eigenvalue weighted by Crippen LogP contribution is -2.43. The normalized spacial score (nSPS) is 23.1. The maximum absolute atomic E-state index is 13.4. The summed E-state index contributed by atoms with van der Waals surface area (Å²) >= 11 is 0. The van der Waals surface area contributed by atoms with E-state index in [1.54, 1.807) is 0 Å². The summed E-state index contributed by atoms with van der Waals surface area (Å²) in [7, 11) is 0. The molecule has 0 aliphatic carbocycles. The zero-order valence-electron chi connectivity index (χ0n) is 11.7. The maximum Gasteiger partial charge on any atom is 0.165 e. The van der Waals surface area contributed by atoms with Crippen LogP contribution in [-0.2, 0) is 4.74 Å². The van der Waals surface area contributed by atoms with Crippen molar-refractivity contribution in [1.29, 1.82) is 0 Å². The second-order valence-corrected chi connectivity index (χ2v) is 5.86. The minimum absolute atomic E-state index is 0.256. The molecular formula is C16H22FNO2. The van der Waals surface area contributed by atoms with Crippen LogP contribution in [0.15, 0.2) is 18.2 Å². The molecule has 110 valence electrons. The second-order valence-electron chi connectivity index (χ2n) is 5.86. The lowest BCUT2D eigenvalue weighted by atomic mass is 9.88. The first-order valence-corrected chi connectivity index (χ1v) is 7.54. The molecule has 3 nitrogen and oxygen atoms in total. The van der Waals surface area contributed by atoms with Crippen molar-refractivity contribution < 1.29 is 14.2 Å². The van der Waals surface area contributed by atoms with Crippen molar-refractivity contribution in [1.82, 2.24) is 4.90 Å². The average Bonchev–Trinajstić information content (AvgIpc) is 2.51. The molecular weight excluding hydrogens is 257 g/mol. The largest absolute Gasteiger partial charge is 0.505 e. The van der Waals surface area contributed by atoms with Crippen molar-refractivity contribution in [3.8, 4) is 5.75 Å². The number of nitrogens with zero attached hydrogens (tertiary/aromatic N) is 1. The van der Waals surface area contributed by atoms with Gasteiger partial charge in [0.15, 0.2) is 11.6 Å². The van der Waals surface area contributed by atoms with Gasteiger partial charge in [0.05, 0.1) is 0 Å². The molecule has 2 aliphatic rings. The van der Waals surface area contributed by atoms with Crippen molar-refractivity contribution >= 4 is 0 Å². The van der Waals surface area contributed by atoms with Gasteiger partial charge in [-0.1, -0.05) is 6.07 Å². The number of likely N-dealkylation sites (tertiary alicyclic amines) is 1. The van der Waals surface area contributed by atoms with Crippen LogP contribution in [0, 0.1) is 5.82 Å². The highest BCUT2D eigenvalue weighted by Gasteiger charge is 2.27. The van der Waals surface area contributed by atoms with Crippen molar-refractivity contribution in [2.45, 2.75) is 37.6 Å². The zero-order valence-corrected chi connectivity index (χ0v) is 11.7. The Kier molecular flexibility index (Phi) is 4.22. The minimum Gasteiger partial charge on any atom is -0.505 e. The summed E-state index contributed by atoms with van der Waals surface area (Å²) in [4.78, 5) is 2.57. The number of piperidine rings is 1. The summed E-state index contributed by atoms with van der Waals surface area (Å²) in [6.45, 7) is 3.93. The predicted octanol–water partition coefficient (Wildman–Crippen LogP) is 2.89. The molecule has 0 radical (unpaired) electrons. The Bertz CT molecular complexity index is 452. The Labute approximate surface area is 119 Å². The Balaban J connectivity index is 1.58. The highest BCUT2D eigenvalue weighted by molar-refractivity contribution is 5.30. The molecule has 2 saturated heterocycles. The van der Waals surface area contributed by atoms with Gasteiger partial charge in [-0.3, -0.25) is 0 Å². The summed E-state index contributed by atoms with van der Waals surface area (Å²) in [6, 6.07) is 5.48. The van der Waals surface area contributed by atoms with Crippen LogP contribution in [0.3, 0.4) is 0 Å². The van der Waals surface area contributed by atoms with E-state index in [0.29, 0.717) is 12.0 Å². The summed E-state index contributed by atoms with van der Waals surface area (Å²) < 4.78 is 18.8. The van der Waals surface area contributed by atoms with Gasteiger partial charge in [-0.15, -0.1) is 0 Å². The standard InChI is InChI=1S/C16H22FNO2/c17-15-11-13(1-2-16(15)19)12-3-7-18(8-4-12)14-5-9-20-10-6-14/h1-2,11-12,14,19H,3-10H2. The van der Waals surface area contributed by atoms with E-state index in [4.69, 9.17) is 4.74 Å². The van der Waals surface area contributed by atoms with E-state index in [2.05, 4.69) is 4.90 Å². The molecule has 20 heavy (non-hydrogen) atoms. The van der Waals surface area contributed by atoms with Crippen molar-refractivity contribution in [2.24, 2.45) is 0 Å². The molecule has 2 fully saturated rings. The summed E-state index contributed by atoms with van der Waals surface area (Å²) in [5, 5.41) is 9.26. The molecule has 2 aliphatic heterocycles. The van der Waals surface area contributed by atoms with Gasteiger partial charge in [0.2, 0.25) is 0 Å². The quantitative estimate of drug-likeness (QED) is 0.903. The number of hydrogen-bond donors (Lipinski definition) is 1. The number of phenols is 1. The second kappa shape index (κ2) is 6.10. The van der Waals surface area contributed by atoms with E-state index in [9.17, 15) is 9.50 Å². The first kappa shape index (κ1) is 13.8. The lowest BCUT2D eigenvalue weighted by molar-refractivity contribution is 0.0251. The average molecular weight is 279 g/mol. The number of phenolic OH excluding ortho intramolecular Hbond substituents is 1. The van der Waals surface area contributed by atoms with Gasteiger partial charge < -0.3 is 14.7 Å². The molecule has 1 aromatic carbocycles. The third-order valence-electron chi connectivity index (χ3n) is 4.68. The molecule has 1 N–H and O–H groups in total. The lowest BCUT2D eigenvalue weighted by Gasteiger charge is -2.39. The number of hydrogen-bond acceptors (Lipinski definition) is 3. The minimum atomic E-state index is -0.505. The fourth-order valence-corrected chi connectivity index (χ4v) is 3.43. The molecule has 0 amide bonds. The van der Waals surface area contributed by atoms with Crippen LogP contribution < -0.4 is 0 Å². The van der Waals surface area contributed by atoms with Crippen LogP contribution in [0.25, 0.3) is 0 Å². The molecule has 0 unspecified atom stereocenters. The molecule has 0 aromatic heterocycles.